The van der Waals surface area contributed by atoms with Gasteiger partial charge in [0.15, 0.2) is 5.11 Å². The topological polar surface area (TPSA) is 24.5 Å². The van der Waals surface area contributed by atoms with Gasteiger partial charge in [-0.25, -0.2) is 0 Å². The van der Waals surface area contributed by atoms with Crippen LogP contribution in [0.4, 0.5) is 0 Å². The third-order valence-electron chi connectivity index (χ3n) is 1.63. The van der Waals surface area contributed by atoms with Crippen LogP contribution in [0.2, 0.25) is 0 Å². The summed E-state index contributed by atoms with van der Waals surface area (Å²) >= 11 is 5.13. The monoisotopic (exact) mass is 174 g/mol. The van der Waals surface area contributed by atoms with Crippen molar-refractivity contribution in [2.45, 2.75) is 6.92 Å². The molecule has 4 heteroatoms. The van der Waals surface area contributed by atoms with Crippen LogP contribution >= 0.6 is 12.2 Å². The first kappa shape index (κ1) is 8.74. The Morgan fingerprint density at radius 1 is 1.55 bits per heavy atom. The molecule has 11 heavy (non-hydrogen) atoms. The van der Waals surface area contributed by atoms with E-state index in [0.29, 0.717) is 0 Å². The second-order valence-corrected chi connectivity index (χ2v) is 2.82. The van der Waals surface area contributed by atoms with Gasteiger partial charge in [-0.3, -0.25) is 0 Å². The van der Waals surface area contributed by atoms with Gasteiger partial charge in [0.05, 0.1) is 13.2 Å². The fourth-order valence-electron chi connectivity index (χ4n) is 1.03. The fraction of sp³-hybridized carbons (Fsp3) is 0.857. The Bertz CT molecular complexity index is 134. The molecule has 1 fully saturated rings. The van der Waals surface area contributed by atoms with Crippen LogP contribution in [0.15, 0.2) is 0 Å². The lowest BCUT2D eigenvalue weighted by Crippen LogP contribution is -2.45. The van der Waals surface area contributed by atoms with E-state index in [1.54, 1.807) is 0 Å². The van der Waals surface area contributed by atoms with Crippen LogP contribution in [-0.2, 0) is 4.74 Å². The molecule has 0 spiro atoms. The van der Waals surface area contributed by atoms with Gasteiger partial charge in [-0.05, 0) is 19.1 Å². The Balaban J connectivity index is 2.27. The van der Waals surface area contributed by atoms with Gasteiger partial charge >= 0.3 is 0 Å². The van der Waals surface area contributed by atoms with Crippen molar-refractivity contribution in [3.8, 4) is 0 Å². The predicted molar refractivity (Wildman–Crippen MR) is 48.7 cm³/mol. The summed E-state index contributed by atoms with van der Waals surface area (Å²) in [6.07, 6.45) is 0. The number of nitrogens with one attached hydrogen (secondary N) is 1. The molecule has 0 radical (unpaired) electrons. The zero-order valence-corrected chi connectivity index (χ0v) is 7.62. The summed E-state index contributed by atoms with van der Waals surface area (Å²) in [5.74, 6) is 0. The van der Waals surface area contributed by atoms with Crippen molar-refractivity contribution in [3.05, 3.63) is 0 Å². The van der Waals surface area contributed by atoms with Crippen LogP contribution in [0.1, 0.15) is 6.92 Å². The number of rotatable bonds is 1. The molecule has 1 rings (SSSR count). The lowest BCUT2D eigenvalue weighted by Gasteiger charge is -2.29. The van der Waals surface area contributed by atoms with Crippen molar-refractivity contribution in [1.82, 2.24) is 10.2 Å². The van der Waals surface area contributed by atoms with Crippen molar-refractivity contribution in [3.63, 3.8) is 0 Å². The SMILES string of the molecule is CCNC(=S)N1CCOCC1. The molecule has 1 aliphatic rings. The molecule has 0 aromatic heterocycles. The zero-order valence-electron chi connectivity index (χ0n) is 6.80. The molecule has 1 aliphatic heterocycles. The Morgan fingerprint density at radius 2 is 2.18 bits per heavy atom. The van der Waals surface area contributed by atoms with E-state index in [2.05, 4.69) is 10.2 Å². The molecule has 3 nitrogen and oxygen atoms in total. The van der Waals surface area contributed by atoms with E-state index >= 15 is 0 Å². The molecular weight excluding hydrogens is 160 g/mol. The van der Waals surface area contributed by atoms with Gasteiger partial charge in [0, 0.05) is 19.6 Å². The maximum absolute atomic E-state index is 5.20. The summed E-state index contributed by atoms with van der Waals surface area (Å²) in [5.41, 5.74) is 0. The second-order valence-electron chi connectivity index (χ2n) is 2.43. The molecule has 0 amide bonds. The molecule has 0 unspecified atom stereocenters. The van der Waals surface area contributed by atoms with Crippen LogP contribution in [0.5, 0.6) is 0 Å². The first-order valence-corrected chi connectivity index (χ1v) is 4.36. The minimum absolute atomic E-state index is 0.797. The van der Waals surface area contributed by atoms with E-state index in [1.165, 1.54) is 0 Å². The predicted octanol–water partition coefficient (Wildman–Crippen LogP) is 0.213. The van der Waals surface area contributed by atoms with Gasteiger partial charge in [0.25, 0.3) is 0 Å². The summed E-state index contributed by atoms with van der Waals surface area (Å²) in [5, 5.41) is 3.97. The molecule has 1 N–H and O–H groups in total. The van der Waals surface area contributed by atoms with E-state index in [0.717, 1.165) is 38.0 Å². The van der Waals surface area contributed by atoms with Crippen LogP contribution in [0.25, 0.3) is 0 Å². The van der Waals surface area contributed by atoms with Gasteiger partial charge in [0.2, 0.25) is 0 Å². The molecule has 1 heterocycles. The summed E-state index contributed by atoms with van der Waals surface area (Å²) in [7, 11) is 0. The van der Waals surface area contributed by atoms with E-state index in [4.69, 9.17) is 17.0 Å². The minimum Gasteiger partial charge on any atom is -0.378 e. The van der Waals surface area contributed by atoms with Crippen LogP contribution in [0, 0.1) is 0 Å². The van der Waals surface area contributed by atoms with E-state index in [1.807, 2.05) is 6.92 Å². The molecule has 0 saturated carbocycles. The number of ether oxygens (including phenoxy) is 1. The van der Waals surface area contributed by atoms with E-state index in [9.17, 15) is 0 Å². The average Bonchev–Trinajstić information content (AvgIpc) is 2.07. The molecule has 0 bridgehead atoms. The highest BCUT2D eigenvalue weighted by molar-refractivity contribution is 7.80. The number of thiocarbonyl (C=S) groups is 1. The first-order chi connectivity index (χ1) is 5.34. The van der Waals surface area contributed by atoms with Crippen molar-refractivity contribution in [2.24, 2.45) is 0 Å². The lowest BCUT2D eigenvalue weighted by atomic mass is 10.4. The summed E-state index contributed by atoms with van der Waals surface area (Å²) in [4.78, 5) is 2.14. The molecule has 64 valence electrons. The summed E-state index contributed by atoms with van der Waals surface area (Å²) in [6.45, 7) is 6.39. The molecule has 1 saturated heterocycles. The van der Waals surface area contributed by atoms with Gasteiger partial charge in [0.1, 0.15) is 0 Å². The summed E-state index contributed by atoms with van der Waals surface area (Å²) < 4.78 is 5.20. The van der Waals surface area contributed by atoms with Crippen LogP contribution in [0.3, 0.4) is 0 Å². The Morgan fingerprint density at radius 3 is 2.73 bits per heavy atom. The maximum Gasteiger partial charge on any atom is 0.169 e. The minimum atomic E-state index is 0.797. The Kier molecular flexibility index (Phi) is 3.59. The smallest absolute Gasteiger partial charge is 0.169 e. The highest BCUT2D eigenvalue weighted by Gasteiger charge is 2.11. The van der Waals surface area contributed by atoms with Crippen molar-refractivity contribution in [1.29, 1.82) is 0 Å². The Hall–Kier alpha value is -0.350. The van der Waals surface area contributed by atoms with Gasteiger partial charge < -0.3 is 15.0 Å². The number of hydrogen-bond donors (Lipinski definition) is 1. The third-order valence-corrected chi connectivity index (χ3v) is 2.03. The number of hydrogen-bond acceptors (Lipinski definition) is 2. The number of morpholine rings is 1. The first-order valence-electron chi connectivity index (χ1n) is 3.95. The van der Waals surface area contributed by atoms with Crippen molar-refractivity contribution < 1.29 is 4.74 Å². The van der Waals surface area contributed by atoms with Gasteiger partial charge in [-0.15, -0.1) is 0 Å². The molecule has 0 aromatic carbocycles. The van der Waals surface area contributed by atoms with Gasteiger partial charge in [-0.2, -0.15) is 0 Å². The van der Waals surface area contributed by atoms with Crippen LogP contribution < -0.4 is 5.32 Å². The molecule has 0 atom stereocenters. The lowest BCUT2D eigenvalue weighted by molar-refractivity contribution is 0.0677. The molecular formula is C7H14N2OS. The van der Waals surface area contributed by atoms with Crippen molar-refractivity contribution in [2.75, 3.05) is 32.8 Å². The Labute approximate surface area is 72.7 Å². The average molecular weight is 174 g/mol. The molecule has 0 aliphatic carbocycles. The number of nitrogens with zero attached hydrogens (tertiary/aromatic N) is 1. The fourth-order valence-corrected chi connectivity index (χ4v) is 1.36. The van der Waals surface area contributed by atoms with Gasteiger partial charge in [-0.1, -0.05) is 0 Å². The third kappa shape index (κ3) is 2.63. The second kappa shape index (κ2) is 4.51. The maximum atomic E-state index is 5.20. The largest absolute Gasteiger partial charge is 0.378 e. The van der Waals surface area contributed by atoms with E-state index < -0.39 is 0 Å². The highest BCUT2D eigenvalue weighted by atomic mass is 32.1. The molecule has 0 aromatic rings. The normalized spacial score (nSPS) is 18.1. The highest BCUT2D eigenvalue weighted by Crippen LogP contribution is 1.96. The summed E-state index contributed by atoms with van der Waals surface area (Å²) in [6, 6.07) is 0. The van der Waals surface area contributed by atoms with E-state index in [-0.39, 0.29) is 0 Å². The van der Waals surface area contributed by atoms with Crippen molar-refractivity contribution >= 4 is 17.3 Å². The quantitative estimate of drug-likeness (QED) is 0.574. The van der Waals surface area contributed by atoms with Crippen LogP contribution in [-0.4, -0.2) is 42.9 Å². The zero-order chi connectivity index (χ0) is 8.10. The standard InChI is InChI=1S/C7H14N2OS/c1-2-8-7(11)9-3-5-10-6-4-9/h2-6H2,1H3,(H,8,11).